The maximum absolute atomic E-state index is 11.0. The summed E-state index contributed by atoms with van der Waals surface area (Å²) in [4.78, 5) is 21.0. The molecule has 0 saturated carbocycles. The third-order valence-corrected chi connectivity index (χ3v) is 6.42. The Morgan fingerprint density at radius 2 is 1.87 bits per heavy atom. The third kappa shape index (κ3) is 7.07. The van der Waals surface area contributed by atoms with Crippen LogP contribution in [0, 0.1) is 11.3 Å². The van der Waals surface area contributed by atoms with Crippen LogP contribution >= 0.6 is 19.2 Å². The van der Waals surface area contributed by atoms with Gasteiger partial charge in [-0.3, -0.25) is 4.52 Å². The second-order valence-corrected chi connectivity index (χ2v) is 8.98. The minimum absolute atomic E-state index is 0. The van der Waals surface area contributed by atoms with Crippen LogP contribution < -0.4 is 14.4 Å². The van der Waals surface area contributed by atoms with Gasteiger partial charge in [0.25, 0.3) is 0 Å². The zero-order chi connectivity index (χ0) is 21.7. The van der Waals surface area contributed by atoms with E-state index in [2.05, 4.69) is 11.0 Å². The Morgan fingerprint density at radius 3 is 2.45 bits per heavy atom. The molecule has 1 fully saturated rings. The average molecular weight is 474 g/mol. The van der Waals surface area contributed by atoms with Crippen molar-refractivity contribution in [2.24, 2.45) is 0 Å². The first-order chi connectivity index (χ1) is 14.3. The zero-order valence-corrected chi connectivity index (χ0v) is 18.4. The summed E-state index contributed by atoms with van der Waals surface area (Å²) < 4.78 is 26.4. The van der Waals surface area contributed by atoms with Crippen molar-refractivity contribution in [2.75, 3.05) is 32.2 Å². The van der Waals surface area contributed by atoms with Crippen LogP contribution in [0.4, 0.5) is 5.00 Å². The second-order valence-electron chi connectivity index (χ2n) is 6.70. The summed E-state index contributed by atoms with van der Waals surface area (Å²) in [5.74, 6) is 1.16. The van der Waals surface area contributed by atoms with Crippen LogP contribution in [-0.2, 0) is 9.09 Å². The summed E-state index contributed by atoms with van der Waals surface area (Å²) in [6.45, 7) is 1.30. The zero-order valence-electron chi connectivity index (χ0n) is 16.6. The van der Waals surface area contributed by atoms with Gasteiger partial charge in [0, 0.05) is 18.0 Å². The van der Waals surface area contributed by atoms with E-state index in [1.54, 1.807) is 37.7 Å². The first-order valence-electron chi connectivity index (χ1n) is 9.26. The Balaban J connectivity index is 0.00000341. The molecular weight excluding hydrogens is 450 g/mol. The fraction of sp³-hybridized carbons (Fsp3) is 0.350. The number of anilines is 1. The van der Waals surface area contributed by atoms with Gasteiger partial charge in [-0.15, -0.1) is 11.3 Å². The van der Waals surface area contributed by atoms with Crippen LogP contribution in [-0.4, -0.2) is 72.8 Å². The quantitative estimate of drug-likeness (QED) is 0.357. The van der Waals surface area contributed by atoms with Crippen molar-refractivity contribution in [2.45, 2.75) is 18.9 Å². The van der Waals surface area contributed by atoms with Gasteiger partial charge >= 0.3 is 37.4 Å². The number of ether oxygens (including phenoxy) is 2. The average Bonchev–Trinajstić information content (AvgIpc) is 3.19. The Kier molecular flexibility index (Phi) is 9.62. The maximum atomic E-state index is 11.0. The van der Waals surface area contributed by atoms with Crippen LogP contribution in [0.1, 0.15) is 23.3 Å². The minimum atomic E-state index is -4.45. The second kappa shape index (κ2) is 11.5. The number of allylic oxidation sites excluding steroid dienone is 1. The van der Waals surface area contributed by atoms with Gasteiger partial charge in [-0.25, -0.2) is 4.57 Å². The van der Waals surface area contributed by atoms with E-state index < -0.39 is 13.9 Å². The Morgan fingerprint density at radius 1 is 1.19 bits per heavy atom. The molecule has 0 spiro atoms. The molecule has 0 amide bonds. The fourth-order valence-electron chi connectivity index (χ4n) is 3.29. The van der Waals surface area contributed by atoms with Gasteiger partial charge in [0.15, 0.2) is 11.5 Å². The summed E-state index contributed by atoms with van der Waals surface area (Å²) in [5, 5.41) is 10.7. The summed E-state index contributed by atoms with van der Waals surface area (Å²) in [5.41, 5.74) is 1.25. The number of phosphoric acid groups is 1. The van der Waals surface area contributed by atoms with E-state index in [9.17, 15) is 9.83 Å². The van der Waals surface area contributed by atoms with E-state index in [0.717, 1.165) is 15.4 Å². The molecule has 3 rings (SSSR count). The van der Waals surface area contributed by atoms with Crippen molar-refractivity contribution in [1.82, 2.24) is 0 Å². The molecule has 8 nitrogen and oxygen atoms in total. The third-order valence-electron chi connectivity index (χ3n) is 4.75. The summed E-state index contributed by atoms with van der Waals surface area (Å²) in [7, 11) is -1.34. The van der Waals surface area contributed by atoms with Gasteiger partial charge in [-0.05, 0) is 54.8 Å². The fourth-order valence-corrected chi connectivity index (χ4v) is 4.89. The van der Waals surface area contributed by atoms with Crippen LogP contribution in [0.3, 0.4) is 0 Å². The summed E-state index contributed by atoms with van der Waals surface area (Å²) in [6, 6.07) is 11.5. The van der Waals surface area contributed by atoms with E-state index >= 15 is 0 Å². The molecule has 0 bridgehead atoms. The normalized spacial score (nSPS) is 15.2. The Bertz CT molecular complexity index is 1010. The predicted molar refractivity (Wildman–Crippen MR) is 123 cm³/mol. The van der Waals surface area contributed by atoms with Gasteiger partial charge in [-0.1, -0.05) is 0 Å². The number of piperidine rings is 1. The molecule has 0 atom stereocenters. The number of nitriles is 1. The van der Waals surface area contributed by atoms with Crippen LogP contribution in [0.15, 0.2) is 30.3 Å². The predicted octanol–water partition coefficient (Wildman–Crippen LogP) is 3.26. The molecule has 1 saturated heterocycles. The number of hydrogen-bond acceptors (Lipinski definition) is 7. The summed E-state index contributed by atoms with van der Waals surface area (Å²) >= 11 is 1.56. The first-order valence-corrected chi connectivity index (χ1v) is 11.6. The number of methoxy groups -OCH3 is 2. The van der Waals surface area contributed by atoms with Gasteiger partial charge < -0.3 is 24.2 Å². The molecule has 0 aliphatic carbocycles. The number of benzene rings is 1. The number of nitrogens with zero attached hydrogens (tertiary/aromatic N) is 2. The molecule has 1 aromatic heterocycles. The molecule has 31 heavy (non-hydrogen) atoms. The van der Waals surface area contributed by atoms with Crippen molar-refractivity contribution >= 4 is 65.4 Å². The molecule has 1 aliphatic rings. The first kappa shape index (κ1) is 25.9. The van der Waals surface area contributed by atoms with Crippen LogP contribution in [0.2, 0.25) is 0 Å². The van der Waals surface area contributed by atoms with Gasteiger partial charge in [0.2, 0.25) is 0 Å². The van der Waals surface area contributed by atoms with E-state index in [0.29, 0.717) is 43.0 Å². The molecule has 0 radical (unpaired) electrons. The standard InChI is InChI=1S/C20H23N2O6PS.Na.H/c1-26-18-5-3-14(12-19(18)27-2)15(13-21)11-17-4-6-20(30-17)22-9-7-16(8-10-22)28-29(23,24)25;;/h3-6,11-12,16H,7-10H2,1-2H3,(H2,23,24,25);;. The van der Waals surface area contributed by atoms with E-state index in [1.807, 2.05) is 24.3 Å². The van der Waals surface area contributed by atoms with Crippen molar-refractivity contribution in [3.8, 4) is 17.6 Å². The molecular formula is C20H24N2NaO6PS. The SMILES string of the molecule is COc1ccc(C(C#N)=Cc2ccc(N3CCC(OP(=O)(O)O)CC3)s2)cc1OC.[NaH]. The molecule has 2 aromatic rings. The van der Waals surface area contributed by atoms with Gasteiger partial charge in [-0.2, -0.15) is 5.26 Å². The summed E-state index contributed by atoms with van der Waals surface area (Å²) in [6.07, 6.45) is 2.49. The number of phosphoric ester groups is 1. The van der Waals surface area contributed by atoms with E-state index in [1.165, 1.54) is 0 Å². The van der Waals surface area contributed by atoms with Gasteiger partial charge in [0.1, 0.15) is 0 Å². The molecule has 1 aromatic carbocycles. The topological polar surface area (TPSA) is 112 Å². The van der Waals surface area contributed by atoms with Crippen molar-refractivity contribution in [3.63, 3.8) is 0 Å². The van der Waals surface area contributed by atoms with E-state index in [-0.39, 0.29) is 29.6 Å². The number of thiophene rings is 1. The molecule has 2 heterocycles. The molecule has 2 N–H and O–H groups in total. The molecule has 1 aliphatic heterocycles. The van der Waals surface area contributed by atoms with Crippen LogP contribution in [0.5, 0.6) is 11.5 Å². The monoisotopic (exact) mass is 474 g/mol. The van der Waals surface area contributed by atoms with Crippen LogP contribution in [0.25, 0.3) is 11.6 Å². The Labute approximate surface area is 207 Å². The van der Waals surface area contributed by atoms with Crippen molar-refractivity contribution in [1.29, 1.82) is 5.26 Å². The molecule has 162 valence electrons. The number of rotatable bonds is 7. The Hall–Kier alpha value is -1.34. The van der Waals surface area contributed by atoms with E-state index in [4.69, 9.17) is 23.8 Å². The number of hydrogen-bond donors (Lipinski definition) is 2. The molecule has 11 heteroatoms. The van der Waals surface area contributed by atoms with Crippen molar-refractivity contribution in [3.05, 3.63) is 40.8 Å². The van der Waals surface area contributed by atoms with Gasteiger partial charge in [0.05, 0.1) is 37.0 Å². The molecule has 0 unspecified atom stereocenters. The van der Waals surface area contributed by atoms with Crippen molar-refractivity contribution < 1.29 is 28.3 Å².